The van der Waals surface area contributed by atoms with Crippen molar-refractivity contribution >= 4 is 29.2 Å². The minimum atomic E-state index is -0.113. The number of nitrogens with zero attached hydrogens (tertiary/aromatic N) is 3. The van der Waals surface area contributed by atoms with Crippen LogP contribution in [0.2, 0.25) is 5.02 Å². The third-order valence-electron chi connectivity index (χ3n) is 3.46. The molecule has 0 bridgehead atoms. The van der Waals surface area contributed by atoms with Crippen LogP contribution in [0, 0.1) is 0 Å². The molecule has 1 unspecified atom stereocenters. The van der Waals surface area contributed by atoms with E-state index in [-0.39, 0.29) is 12.1 Å². The molecule has 0 amide bonds. The maximum atomic E-state index is 6.07. The second kappa shape index (κ2) is 7.31. The van der Waals surface area contributed by atoms with E-state index in [1.54, 1.807) is 0 Å². The summed E-state index contributed by atoms with van der Waals surface area (Å²) in [5, 5.41) is 0.660. The molecule has 21 heavy (non-hydrogen) atoms. The van der Waals surface area contributed by atoms with Crippen molar-refractivity contribution in [3.8, 4) is 0 Å². The quantitative estimate of drug-likeness (QED) is 0.793. The van der Waals surface area contributed by atoms with Gasteiger partial charge in [0.2, 0.25) is 11.9 Å². The van der Waals surface area contributed by atoms with Crippen LogP contribution >= 0.6 is 11.6 Å². The molecule has 0 fully saturated rings. The van der Waals surface area contributed by atoms with E-state index in [0.29, 0.717) is 11.0 Å². The molecule has 6 heteroatoms. The average molecular weight is 308 g/mol. The summed E-state index contributed by atoms with van der Waals surface area (Å²) < 4.78 is 0. The van der Waals surface area contributed by atoms with E-state index in [2.05, 4.69) is 16.9 Å². The number of nitrogens with two attached hydrogens (primary N) is 2. The van der Waals surface area contributed by atoms with Crippen molar-refractivity contribution in [1.29, 1.82) is 0 Å². The van der Waals surface area contributed by atoms with Gasteiger partial charge in [-0.1, -0.05) is 43.9 Å². The fraction of sp³-hybridized carbons (Fsp3) is 0.467. The lowest BCUT2D eigenvalue weighted by Crippen LogP contribution is -2.48. The molecule has 1 aromatic rings. The van der Waals surface area contributed by atoms with Crippen molar-refractivity contribution in [3.63, 3.8) is 0 Å². The third kappa shape index (κ3) is 4.11. The van der Waals surface area contributed by atoms with Crippen molar-refractivity contribution in [3.05, 3.63) is 29.3 Å². The van der Waals surface area contributed by atoms with Gasteiger partial charge in [-0.3, -0.25) is 4.90 Å². The maximum Gasteiger partial charge on any atom is 0.220 e. The third-order valence-corrected chi connectivity index (χ3v) is 3.69. The monoisotopic (exact) mass is 307 g/mol. The molecule has 114 valence electrons. The molecule has 0 saturated heterocycles. The van der Waals surface area contributed by atoms with Gasteiger partial charge in [0.25, 0.3) is 0 Å². The molecule has 1 heterocycles. The average Bonchev–Trinajstić information content (AvgIpc) is 2.43. The number of benzene rings is 1. The van der Waals surface area contributed by atoms with Gasteiger partial charge in [0.05, 0.1) is 0 Å². The van der Waals surface area contributed by atoms with Crippen LogP contribution in [0.25, 0.3) is 0 Å². The van der Waals surface area contributed by atoms with E-state index in [0.717, 1.165) is 18.5 Å². The topological polar surface area (TPSA) is 80.0 Å². The van der Waals surface area contributed by atoms with E-state index in [1.807, 2.05) is 29.2 Å². The number of unbranched alkanes of at least 4 members (excludes halogenated alkanes) is 3. The highest BCUT2D eigenvalue weighted by Gasteiger charge is 2.25. The molecule has 0 radical (unpaired) electrons. The molecule has 1 aliphatic rings. The van der Waals surface area contributed by atoms with Gasteiger partial charge in [-0.05, 0) is 31.0 Å². The molecule has 4 N–H and O–H groups in total. The summed E-state index contributed by atoms with van der Waals surface area (Å²) in [7, 11) is 0. The molecule has 1 aliphatic heterocycles. The van der Waals surface area contributed by atoms with Crippen LogP contribution in [-0.2, 0) is 0 Å². The number of rotatable bonds is 6. The highest BCUT2D eigenvalue weighted by atomic mass is 35.5. The van der Waals surface area contributed by atoms with Gasteiger partial charge in [-0.15, -0.1) is 0 Å². The highest BCUT2D eigenvalue weighted by Crippen LogP contribution is 2.25. The first-order chi connectivity index (χ1) is 10.1. The Morgan fingerprint density at radius 1 is 1.24 bits per heavy atom. The standard InChI is InChI=1S/C15H22ClN5/c1-2-3-4-5-9-13-19-14(17)20-15(18)21(13)12-8-6-7-11(16)10-12/h6-8,10,13H,2-5,9H2,1H3,(H4,17,18,19,20). The molecule has 0 spiro atoms. The van der Waals surface area contributed by atoms with E-state index in [4.69, 9.17) is 23.1 Å². The Morgan fingerprint density at radius 3 is 2.76 bits per heavy atom. The zero-order chi connectivity index (χ0) is 15.2. The van der Waals surface area contributed by atoms with Crippen LogP contribution in [-0.4, -0.2) is 18.1 Å². The summed E-state index contributed by atoms with van der Waals surface area (Å²) in [5.41, 5.74) is 12.7. The Morgan fingerprint density at radius 2 is 2.05 bits per heavy atom. The van der Waals surface area contributed by atoms with E-state index >= 15 is 0 Å². The van der Waals surface area contributed by atoms with Crippen LogP contribution < -0.4 is 16.4 Å². The first-order valence-corrected chi connectivity index (χ1v) is 7.72. The first-order valence-electron chi connectivity index (χ1n) is 7.34. The minimum Gasteiger partial charge on any atom is -0.369 e. The minimum absolute atomic E-state index is 0.113. The fourth-order valence-electron chi connectivity index (χ4n) is 2.44. The molecular formula is C15H22ClN5. The van der Waals surface area contributed by atoms with E-state index < -0.39 is 0 Å². The van der Waals surface area contributed by atoms with Gasteiger partial charge in [0.1, 0.15) is 6.17 Å². The second-order valence-electron chi connectivity index (χ2n) is 5.14. The SMILES string of the molecule is CCCCCCC1N=C(N)N=C(N)N1c1cccc(Cl)c1. The maximum absolute atomic E-state index is 6.07. The lowest BCUT2D eigenvalue weighted by molar-refractivity contribution is 0.554. The van der Waals surface area contributed by atoms with Gasteiger partial charge in [-0.2, -0.15) is 4.99 Å². The molecule has 2 rings (SSSR count). The van der Waals surface area contributed by atoms with Crippen molar-refractivity contribution < 1.29 is 0 Å². The molecule has 0 saturated carbocycles. The predicted molar refractivity (Wildman–Crippen MR) is 89.7 cm³/mol. The van der Waals surface area contributed by atoms with Crippen molar-refractivity contribution in [2.75, 3.05) is 4.90 Å². The molecule has 1 atom stereocenters. The molecular weight excluding hydrogens is 286 g/mol. The van der Waals surface area contributed by atoms with Gasteiger partial charge in [0, 0.05) is 10.7 Å². The zero-order valence-electron chi connectivity index (χ0n) is 12.3. The first kappa shape index (κ1) is 15.6. The summed E-state index contributed by atoms with van der Waals surface area (Å²) in [6.45, 7) is 2.19. The lowest BCUT2D eigenvalue weighted by Gasteiger charge is -2.32. The second-order valence-corrected chi connectivity index (χ2v) is 5.57. The Balaban J connectivity index is 2.16. The number of halogens is 1. The summed E-state index contributed by atoms with van der Waals surface area (Å²) in [6, 6.07) is 7.53. The zero-order valence-corrected chi connectivity index (χ0v) is 13.1. The molecule has 5 nitrogen and oxygen atoms in total. The number of anilines is 1. The van der Waals surface area contributed by atoms with Crippen LogP contribution in [0.4, 0.5) is 5.69 Å². The summed E-state index contributed by atoms with van der Waals surface area (Å²) >= 11 is 6.07. The van der Waals surface area contributed by atoms with Crippen LogP contribution in [0.1, 0.15) is 39.0 Å². The van der Waals surface area contributed by atoms with Crippen molar-refractivity contribution in [2.45, 2.75) is 45.2 Å². The molecule has 0 aromatic heterocycles. The lowest BCUT2D eigenvalue weighted by atomic mass is 10.1. The van der Waals surface area contributed by atoms with E-state index in [1.165, 1.54) is 19.3 Å². The summed E-state index contributed by atoms with van der Waals surface area (Å²) in [6.07, 6.45) is 5.48. The Kier molecular flexibility index (Phi) is 5.44. The molecule has 0 aliphatic carbocycles. The van der Waals surface area contributed by atoms with Gasteiger partial charge in [0.15, 0.2) is 0 Å². The van der Waals surface area contributed by atoms with Crippen molar-refractivity contribution in [1.82, 2.24) is 0 Å². The molecule has 1 aromatic carbocycles. The normalized spacial score (nSPS) is 18.4. The van der Waals surface area contributed by atoms with Crippen LogP contribution in [0.15, 0.2) is 34.3 Å². The number of guanidine groups is 2. The smallest absolute Gasteiger partial charge is 0.220 e. The predicted octanol–water partition coefficient (Wildman–Crippen LogP) is 3.09. The Labute approximate surface area is 130 Å². The summed E-state index contributed by atoms with van der Waals surface area (Å²) in [4.78, 5) is 10.4. The summed E-state index contributed by atoms with van der Waals surface area (Å²) in [5.74, 6) is 0.608. The van der Waals surface area contributed by atoms with Gasteiger partial charge < -0.3 is 11.5 Å². The number of hydrogen-bond donors (Lipinski definition) is 2. The largest absolute Gasteiger partial charge is 0.369 e. The number of aliphatic imine (C=N–C) groups is 2. The van der Waals surface area contributed by atoms with Crippen LogP contribution in [0.5, 0.6) is 0 Å². The van der Waals surface area contributed by atoms with Gasteiger partial charge in [-0.25, -0.2) is 4.99 Å². The van der Waals surface area contributed by atoms with Crippen LogP contribution in [0.3, 0.4) is 0 Å². The Bertz CT molecular complexity index is 541. The fourth-order valence-corrected chi connectivity index (χ4v) is 2.63. The van der Waals surface area contributed by atoms with Crippen molar-refractivity contribution in [2.24, 2.45) is 21.5 Å². The highest BCUT2D eigenvalue weighted by molar-refractivity contribution is 6.31. The Hall–Kier alpha value is -1.75. The number of hydrogen-bond acceptors (Lipinski definition) is 5. The van der Waals surface area contributed by atoms with E-state index in [9.17, 15) is 0 Å². The van der Waals surface area contributed by atoms with Gasteiger partial charge >= 0.3 is 0 Å².